The summed E-state index contributed by atoms with van der Waals surface area (Å²) in [5.41, 5.74) is 0.594. The molecule has 0 unspecified atom stereocenters. The van der Waals surface area contributed by atoms with Crippen LogP contribution in [0.25, 0.3) is 6.08 Å². The Morgan fingerprint density at radius 1 is 1.26 bits per heavy atom. The van der Waals surface area contributed by atoms with Crippen molar-refractivity contribution in [1.82, 2.24) is 5.06 Å². The minimum Gasteiger partial charge on any atom is -0.508 e. The molecule has 6 nitrogen and oxygen atoms in total. The molecule has 0 aromatic heterocycles. The molecule has 0 radical (unpaired) electrons. The van der Waals surface area contributed by atoms with Gasteiger partial charge in [-0.3, -0.25) is 9.59 Å². The van der Waals surface area contributed by atoms with Gasteiger partial charge in [-0.05, 0) is 23.8 Å². The third kappa shape index (κ3) is 3.19. The number of phenols is 1. The van der Waals surface area contributed by atoms with E-state index >= 15 is 0 Å². The molecule has 1 N–H and O–H groups in total. The molecule has 2 amide bonds. The molecular formula is C13H11NO5. The summed E-state index contributed by atoms with van der Waals surface area (Å²) in [4.78, 5) is 38.5. The van der Waals surface area contributed by atoms with Crippen LogP contribution >= 0.6 is 0 Å². The van der Waals surface area contributed by atoms with Crippen molar-refractivity contribution in [1.29, 1.82) is 0 Å². The summed E-state index contributed by atoms with van der Waals surface area (Å²) in [7, 11) is 0. The van der Waals surface area contributed by atoms with Gasteiger partial charge in [0.1, 0.15) is 5.75 Å². The van der Waals surface area contributed by atoms with Crippen molar-refractivity contribution in [2.24, 2.45) is 0 Å². The van der Waals surface area contributed by atoms with Crippen LogP contribution < -0.4 is 0 Å². The zero-order valence-corrected chi connectivity index (χ0v) is 9.91. The first-order chi connectivity index (χ1) is 9.06. The zero-order chi connectivity index (χ0) is 13.8. The van der Waals surface area contributed by atoms with E-state index in [2.05, 4.69) is 4.84 Å². The average Bonchev–Trinajstić information content (AvgIpc) is 2.68. The number of amides is 2. The number of hydroxylamine groups is 2. The maximum atomic E-state index is 11.4. The van der Waals surface area contributed by atoms with Gasteiger partial charge in [-0.25, -0.2) is 4.79 Å². The van der Waals surface area contributed by atoms with E-state index in [1.165, 1.54) is 18.2 Å². The number of hydrogen-bond acceptors (Lipinski definition) is 5. The molecule has 1 aliphatic heterocycles. The van der Waals surface area contributed by atoms with Crippen molar-refractivity contribution < 1.29 is 24.3 Å². The lowest BCUT2D eigenvalue weighted by molar-refractivity contribution is -0.193. The number of phenolic OH excluding ortho intramolecular Hbond substituents is 1. The van der Waals surface area contributed by atoms with Crippen LogP contribution in [0.4, 0.5) is 0 Å². The number of benzene rings is 1. The van der Waals surface area contributed by atoms with Crippen molar-refractivity contribution in [2.45, 2.75) is 12.8 Å². The molecule has 98 valence electrons. The van der Waals surface area contributed by atoms with Crippen molar-refractivity contribution in [2.75, 3.05) is 0 Å². The molecule has 19 heavy (non-hydrogen) atoms. The predicted molar refractivity (Wildman–Crippen MR) is 64.3 cm³/mol. The Hall–Kier alpha value is -2.63. The van der Waals surface area contributed by atoms with Crippen LogP contribution in [0.1, 0.15) is 18.4 Å². The van der Waals surface area contributed by atoms with Crippen molar-refractivity contribution >= 4 is 23.9 Å². The minimum absolute atomic E-state index is 0.0579. The van der Waals surface area contributed by atoms with E-state index in [0.717, 1.165) is 6.08 Å². The molecule has 1 heterocycles. The Morgan fingerprint density at radius 3 is 2.58 bits per heavy atom. The van der Waals surface area contributed by atoms with E-state index < -0.39 is 17.8 Å². The van der Waals surface area contributed by atoms with Crippen molar-refractivity contribution in [3.05, 3.63) is 35.9 Å². The highest BCUT2D eigenvalue weighted by molar-refractivity contribution is 6.02. The quantitative estimate of drug-likeness (QED) is 0.648. The van der Waals surface area contributed by atoms with Gasteiger partial charge < -0.3 is 9.94 Å². The van der Waals surface area contributed by atoms with Crippen LogP contribution in [0.2, 0.25) is 0 Å². The second kappa shape index (κ2) is 5.34. The molecular weight excluding hydrogens is 250 g/mol. The van der Waals surface area contributed by atoms with E-state index in [1.807, 2.05) is 0 Å². The number of nitrogens with zero attached hydrogens (tertiary/aromatic N) is 1. The molecule has 2 rings (SSSR count). The molecule has 1 aromatic carbocycles. The van der Waals surface area contributed by atoms with E-state index in [0.29, 0.717) is 10.6 Å². The van der Waals surface area contributed by atoms with Crippen LogP contribution in [-0.4, -0.2) is 28.0 Å². The van der Waals surface area contributed by atoms with Crippen LogP contribution in [0.15, 0.2) is 30.3 Å². The highest BCUT2D eigenvalue weighted by Crippen LogP contribution is 2.14. The van der Waals surface area contributed by atoms with Gasteiger partial charge in [-0.15, -0.1) is 5.06 Å². The fraction of sp³-hybridized carbons (Fsp3) is 0.154. The predicted octanol–water partition coefficient (Wildman–Crippen LogP) is 1.01. The van der Waals surface area contributed by atoms with Gasteiger partial charge in [0.15, 0.2) is 0 Å². The first kappa shape index (κ1) is 12.8. The Morgan fingerprint density at radius 2 is 1.95 bits per heavy atom. The number of rotatable bonds is 3. The molecule has 1 saturated heterocycles. The Bertz CT molecular complexity index is 548. The largest absolute Gasteiger partial charge is 0.508 e. The summed E-state index contributed by atoms with van der Waals surface area (Å²) in [5.74, 6) is -1.81. The standard InChI is InChI=1S/C13H11NO5/c15-10-3-1-2-9(8-10)4-7-13(18)19-14-11(16)5-6-12(14)17/h1-4,7-8,15H,5-6H2. The lowest BCUT2D eigenvalue weighted by Crippen LogP contribution is -2.31. The fourth-order valence-electron chi connectivity index (χ4n) is 1.57. The topological polar surface area (TPSA) is 83.9 Å². The molecule has 1 fully saturated rings. The highest BCUT2D eigenvalue weighted by atomic mass is 16.7. The van der Waals surface area contributed by atoms with E-state index in [9.17, 15) is 19.5 Å². The SMILES string of the molecule is O=C(C=Cc1cccc(O)c1)ON1C(=O)CCC1=O. The maximum Gasteiger partial charge on any atom is 0.356 e. The summed E-state index contributed by atoms with van der Waals surface area (Å²) < 4.78 is 0. The first-order valence-corrected chi connectivity index (χ1v) is 5.61. The third-order valence-electron chi connectivity index (χ3n) is 2.47. The summed E-state index contributed by atoms with van der Waals surface area (Å²) >= 11 is 0. The molecule has 0 spiro atoms. The number of hydrogen-bond donors (Lipinski definition) is 1. The van der Waals surface area contributed by atoms with Gasteiger partial charge in [0, 0.05) is 18.9 Å². The van der Waals surface area contributed by atoms with Gasteiger partial charge in [0.25, 0.3) is 11.8 Å². The van der Waals surface area contributed by atoms with Crippen LogP contribution in [0.3, 0.4) is 0 Å². The minimum atomic E-state index is -0.827. The number of aromatic hydroxyl groups is 1. The van der Waals surface area contributed by atoms with Gasteiger partial charge in [-0.1, -0.05) is 12.1 Å². The summed E-state index contributed by atoms with van der Waals surface area (Å²) in [6.07, 6.45) is 2.60. The molecule has 0 saturated carbocycles. The highest BCUT2D eigenvalue weighted by Gasteiger charge is 2.32. The Labute approximate surface area is 108 Å². The van der Waals surface area contributed by atoms with E-state index in [-0.39, 0.29) is 18.6 Å². The molecule has 0 aliphatic carbocycles. The normalized spacial score (nSPS) is 15.3. The molecule has 0 atom stereocenters. The lowest BCUT2D eigenvalue weighted by Gasteiger charge is -2.10. The van der Waals surface area contributed by atoms with Gasteiger partial charge in [-0.2, -0.15) is 0 Å². The first-order valence-electron chi connectivity index (χ1n) is 5.61. The van der Waals surface area contributed by atoms with Crippen LogP contribution in [0.5, 0.6) is 5.75 Å². The monoisotopic (exact) mass is 261 g/mol. The Kier molecular flexibility index (Phi) is 3.61. The van der Waals surface area contributed by atoms with Gasteiger partial charge >= 0.3 is 5.97 Å². The summed E-state index contributed by atoms with van der Waals surface area (Å²) in [5, 5.41) is 9.71. The van der Waals surface area contributed by atoms with E-state index in [4.69, 9.17) is 0 Å². The fourth-order valence-corrected chi connectivity index (χ4v) is 1.57. The number of carbonyl (C=O) groups excluding carboxylic acids is 3. The average molecular weight is 261 g/mol. The van der Waals surface area contributed by atoms with Crippen molar-refractivity contribution in [3.8, 4) is 5.75 Å². The molecule has 0 bridgehead atoms. The number of imide groups is 1. The molecule has 1 aromatic rings. The van der Waals surface area contributed by atoms with Crippen LogP contribution in [0, 0.1) is 0 Å². The van der Waals surface area contributed by atoms with Crippen molar-refractivity contribution in [3.63, 3.8) is 0 Å². The van der Waals surface area contributed by atoms with Gasteiger partial charge in [0.2, 0.25) is 0 Å². The maximum absolute atomic E-state index is 11.4. The Balaban J connectivity index is 1.98. The second-order valence-electron chi connectivity index (χ2n) is 3.92. The zero-order valence-electron chi connectivity index (χ0n) is 9.91. The summed E-state index contributed by atoms with van der Waals surface area (Å²) in [6, 6.07) is 6.25. The smallest absolute Gasteiger partial charge is 0.356 e. The number of carbonyl (C=O) groups is 3. The van der Waals surface area contributed by atoms with E-state index in [1.54, 1.807) is 12.1 Å². The van der Waals surface area contributed by atoms with Crippen LogP contribution in [-0.2, 0) is 19.2 Å². The van der Waals surface area contributed by atoms with Gasteiger partial charge in [0.05, 0.1) is 0 Å². The third-order valence-corrected chi connectivity index (χ3v) is 2.47. The lowest BCUT2D eigenvalue weighted by atomic mass is 10.2. The molecule has 1 aliphatic rings. The molecule has 6 heteroatoms. The summed E-state index contributed by atoms with van der Waals surface area (Å²) in [6.45, 7) is 0. The second-order valence-corrected chi connectivity index (χ2v) is 3.92.